The van der Waals surface area contributed by atoms with Gasteiger partial charge in [0, 0.05) is 6.61 Å². The molecular formula is C26H33OZr. The van der Waals surface area contributed by atoms with Gasteiger partial charge in [0.2, 0.25) is 0 Å². The predicted octanol–water partition coefficient (Wildman–Crippen LogP) is 6.77. The van der Waals surface area contributed by atoms with Crippen molar-refractivity contribution >= 4 is 0 Å². The predicted molar refractivity (Wildman–Crippen MR) is 119 cm³/mol. The van der Waals surface area contributed by atoms with Crippen LogP contribution in [0.3, 0.4) is 0 Å². The van der Waals surface area contributed by atoms with Gasteiger partial charge in [0.15, 0.2) is 0 Å². The fraction of sp³-hybridized carbons (Fsp3) is 0.192. The zero-order valence-electron chi connectivity index (χ0n) is 17.1. The topological polar surface area (TPSA) is 20.2 Å². The van der Waals surface area contributed by atoms with Crippen LogP contribution in [0.15, 0.2) is 91.0 Å². The Morgan fingerprint density at radius 1 is 0.571 bits per heavy atom. The minimum atomic E-state index is 0. The summed E-state index contributed by atoms with van der Waals surface area (Å²) in [5.74, 6) is 0. The summed E-state index contributed by atoms with van der Waals surface area (Å²) in [7, 11) is 0. The molecule has 0 bridgehead atoms. The van der Waals surface area contributed by atoms with E-state index in [1.54, 1.807) is 0 Å². The third-order valence-corrected chi connectivity index (χ3v) is 3.29. The minimum absolute atomic E-state index is 0. The molecule has 0 saturated carbocycles. The van der Waals surface area contributed by atoms with Crippen LogP contribution in [0.1, 0.15) is 42.9 Å². The molecule has 0 fully saturated rings. The number of hydrogen-bond donors (Lipinski definition) is 1. The molecule has 0 amide bonds. The largest absolute Gasteiger partial charge is 3.00 e. The van der Waals surface area contributed by atoms with E-state index in [2.05, 4.69) is 27.7 Å². The molecule has 0 aromatic heterocycles. The standard InChI is InChI=1S/3C7H7.C5H12O.Zr/c3*1-7-5-3-2-4-6-7;1-2-3-4-5-6;/h3*2-6H,1H2;6H,2-5H2,1H3;/q3*-1;;+3. The summed E-state index contributed by atoms with van der Waals surface area (Å²) < 4.78 is 0. The molecule has 3 aromatic rings. The van der Waals surface area contributed by atoms with Crippen molar-refractivity contribution in [2.24, 2.45) is 0 Å². The molecule has 3 aromatic carbocycles. The van der Waals surface area contributed by atoms with Crippen molar-refractivity contribution in [1.29, 1.82) is 0 Å². The molecule has 0 heterocycles. The number of unbranched alkanes of at least 4 members (excludes halogenated alkanes) is 2. The van der Waals surface area contributed by atoms with Gasteiger partial charge < -0.3 is 5.11 Å². The second kappa shape index (κ2) is 21.4. The molecular weight excluding hydrogens is 420 g/mol. The van der Waals surface area contributed by atoms with E-state index in [9.17, 15) is 0 Å². The zero-order chi connectivity index (χ0) is 20.2. The van der Waals surface area contributed by atoms with Crippen LogP contribution in [0, 0.1) is 20.8 Å². The van der Waals surface area contributed by atoms with Crippen LogP contribution in [0.25, 0.3) is 0 Å². The molecule has 3 rings (SSSR count). The summed E-state index contributed by atoms with van der Waals surface area (Å²) in [5, 5.41) is 8.20. The molecule has 2 heteroatoms. The van der Waals surface area contributed by atoms with Crippen molar-refractivity contribution < 1.29 is 31.3 Å². The number of rotatable bonds is 3. The smallest absolute Gasteiger partial charge is 0.396 e. The normalized spacial score (nSPS) is 8.36. The first kappa shape index (κ1) is 28.3. The summed E-state index contributed by atoms with van der Waals surface area (Å²) in [6.45, 7) is 13.6. The zero-order valence-corrected chi connectivity index (χ0v) is 19.5. The Kier molecular flexibility index (Phi) is 21.7. The molecule has 0 aliphatic carbocycles. The van der Waals surface area contributed by atoms with Crippen molar-refractivity contribution in [2.45, 2.75) is 26.2 Å². The van der Waals surface area contributed by atoms with Gasteiger partial charge >= 0.3 is 26.2 Å². The van der Waals surface area contributed by atoms with Crippen LogP contribution in [0.2, 0.25) is 0 Å². The van der Waals surface area contributed by atoms with E-state index in [4.69, 9.17) is 5.11 Å². The van der Waals surface area contributed by atoms with E-state index in [0.717, 1.165) is 29.5 Å². The average molecular weight is 453 g/mol. The van der Waals surface area contributed by atoms with Crippen LogP contribution >= 0.6 is 0 Å². The second-order valence-electron chi connectivity index (χ2n) is 5.89. The van der Waals surface area contributed by atoms with Crippen molar-refractivity contribution in [3.8, 4) is 0 Å². The third-order valence-electron chi connectivity index (χ3n) is 3.29. The Hall–Kier alpha value is -1.89. The average Bonchev–Trinajstić information content (AvgIpc) is 2.70. The van der Waals surface area contributed by atoms with Crippen LogP contribution in [0.5, 0.6) is 0 Å². The third kappa shape index (κ3) is 20.4. The van der Waals surface area contributed by atoms with Crippen LogP contribution in [-0.4, -0.2) is 11.7 Å². The van der Waals surface area contributed by atoms with Crippen molar-refractivity contribution in [1.82, 2.24) is 0 Å². The van der Waals surface area contributed by atoms with Gasteiger partial charge in [-0.1, -0.05) is 38.0 Å². The minimum Gasteiger partial charge on any atom is -0.396 e. The molecule has 1 nitrogen and oxygen atoms in total. The molecule has 1 radical (unpaired) electrons. The van der Waals surface area contributed by atoms with E-state index in [1.165, 1.54) is 6.42 Å². The maximum Gasteiger partial charge on any atom is 3.00 e. The van der Waals surface area contributed by atoms with Gasteiger partial charge in [-0.25, -0.2) is 0 Å². The molecule has 0 atom stereocenters. The second-order valence-corrected chi connectivity index (χ2v) is 5.89. The van der Waals surface area contributed by atoms with E-state index in [-0.39, 0.29) is 26.2 Å². The quantitative estimate of drug-likeness (QED) is 0.343. The first-order chi connectivity index (χ1) is 13.1. The summed E-state index contributed by atoms with van der Waals surface area (Å²) in [6, 6.07) is 29.6. The summed E-state index contributed by atoms with van der Waals surface area (Å²) in [4.78, 5) is 0. The van der Waals surface area contributed by atoms with E-state index >= 15 is 0 Å². The number of aliphatic hydroxyl groups excluding tert-OH is 1. The van der Waals surface area contributed by atoms with E-state index in [1.807, 2.05) is 91.0 Å². The molecule has 1 N–H and O–H groups in total. The molecule has 0 unspecified atom stereocenters. The first-order valence-electron chi connectivity index (χ1n) is 9.32. The van der Waals surface area contributed by atoms with Crippen LogP contribution < -0.4 is 0 Å². The Labute approximate surface area is 192 Å². The molecule has 0 aliphatic rings. The Bertz CT molecular complexity index is 546. The fourth-order valence-corrected chi connectivity index (χ4v) is 1.80. The first-order valence-corrected chi connectivity index (χ1v) is 9.32. The van der Waals surface area contributed by atoms with Gasteiger partial charge in [-0.2, -0.15) is 73.9 Å². The van der Waals surface area contributed by atoms with Gasteiger partial charge in [0.05, 0.1) is 0 Å². The van der Waals surface area contributed by atoms with Gasteiger partial charge in [0.1, 0.15) is 0 Å². The SMILES string of the molecule is CCCCCO.[CH2-]c1ccccc1.[CH2-]c1ccccc1.[CH2-]c1ccccc1.[Zr+3]. The summed E-state index contributed by atoms with van der Waals surface area (Å²) >= 11 is 0. The van der Waals surface area contributed by atoms with E-state index < -0.39 is 0 Å². The van der Waals surface area contributed by atoms with Gasteiger partial charge in [-0.3, -0.25) is 0 Å². The molecule has 28 heavy (non-hydrogen) atoms. The Morgan fingerprint density at radius 3 is 0.964 bits per heavy atom. The Balaban J connectivity index is 0. The van der Waals surface area contributed by atoms with Crippen molar-refractivity contribution in [3.63, 3.8) is 0 Å². The maximum absolute atomic E-state index is 8.20. The maximum atomic E-state index is 8.20. The van der Waals surface area contributed by atoms with Crippen LogP contribution in [-0.2, 0) is 26.2 Å². The summed E-state index contributed by atoms with van der Waals surface area (Å²) in [5.41, 5.74) is 3.22. The summed E-state index contributed by atoms with van der Waals surface area (Å²) in [6.07, 6.45) is 3.33. The molecule has 0 aliphatic heterocycles. The molecule has 0 spiro atoms. The fourth-order valence-electron chi connectivity index (χ4n) is 1.80. The molecule has 147 valence electrons. The molecule has 0 saturated heterocycles. The van der Waals surface area contributed by atoms with Crippen molar-refractivity contribution in [3.05, 3.63) is 128 Å². The number of aliphatic hydroxyl groups is 1. The van der Waals surface area contributed by atoms with Crippen LogP contribution in [0.4, 0.5) is 0 Å². The monoisotopic (exact) mass is 451 g/mol. The van der Waals surface area contributed by atoms with E-state index in [0.29, 0.717) is 6.61 Å². The number of hydrogen-bond acceptors (Lipinski definition) is 1. The Morgan fingerprint density at radius 2 is 0.857 bits per heavy atom. The van der Waals surface area contributed by atoms with Gasteiger partial charge in [-0.05, 0) is 6.42 Å². The van der Waals surface area contributed by atoms with Crippen molar-refractivity contribution in [2.75, 3.05) is 6.61 Å². The van der Waals surface area contributed by atoms with Gasteiger partial charge in [-0.15, -0.1) is 36.4 Å². The van der Waals surface area contributed by atoms with Gasteiger partial charge in [0.25, 0.3) is 0 Å². The number of benzene rings is 3.